The monoisotopic (exact) mass is 459 g/mol. The fourth-order valence-corrected chi connectivity index (χ4v) is 4.99. The molecule has 2 aliphatic carbocycles. The topological polar surface area (TPSA) is 97.3 Å². The first-order chi connectivity index (χ1) is 16.4. The summed E-state index contributed by atoms with van der Waals surface area (Å²) in [5.41, 5.74) is 2.43. The average molecular weight is 460 g/mol. The van der Waals surface area contributed by atoms with Crippen LogP contribution in [0.4, 0.5) is 5.69 Å². The quantitative estimate of drug-likeness (QED) is 0.390. The van der Waals surface area contributed by atoms with Crippen molar-refractivity contribution in [1.29, 1.82) is 0 Å². The average Bonchev–Trinajstić information content (AvgIpc) is 3.52. The van der Waals surface area contributed by atoms with Crippen molar-refractivity contribution in [2.45, 2.75) is 13.3 Å². The predicted molar refractivity (Wildman–Crippen MR) is 125 cm³/mol. The van der Waals surface area contributed by atoms with Gasteiger partial charge in [-0.1, -0.05) is 29.8 Å². The van der Waals surface area contributed by atoms with Gasteiger partial charge in [0.1, 0.15) is 0 Å². The number of ether oxygens (including phenoxy) is 2. The molecular weight excluding hydrogens is 434 g/mol. The highest BCUT2D eigenvalue weighted by molar-refractivity contribution is 6.06. The minimum atomic E-state index is -0.295. The number of rotatable bonds is 7. The second kappa shape index (κ2) is 8.78. The molecule has 4 unspecified atom stereocenters. The number of nitrogens with one attached hydrogen (secondary N) is 1. The van der Waals surface area contributed by atoms with E-state index in [1.807, 2.05) is 31.2 Å². The van der Waals surface area contributed by atoms with Crippen LogP contribution < -0.4 is 14.8 Å². The number of hydrogen-bond acceptors (Lipinski definition) is 6. The Balaban J connectivity index is 1.22. The Morgan fingerprint density at radius 3 is 2.38 bits per heavy atom. The minimum absolute atomic E-state index is 0.145. The van der Waals surface area contributed by atoms with Gasteiger partial charge in [-0.25, -0.2) is 0 Å². The van der Waals surface area contributed by atoms with Gasteiger partial charge in [0.25, 0.3) is 17.7 Å². The fourth-order valence-electron chi connectivity index (χ4n) is 4.99. The highest BCUT2D eigenvalue weighted by atomic mass is 16.5. The number of amides is 3. The number of benzene rings is 2. The van der Waals surface area contributed by atoms with Crippen LogP contribution in [0.3, 0.4) is 0 Å². The van der Waals surface area contributed by atoms with Gasteiger partial charge in [0.05, 0.1) is 25.2 Å². The summed E-state index contributed by atoms with van der Waals surface area (Å²) in [7, 11) is 1.49. The van der Waals surface area contributed by atoms with Crippen molar-refractivity contribution in [2.24, 2.45) is 28.8 Å². The maximum atomic E-state index is 12.8. The van der Waals surface area contributed by atoms with Gasteiger partial charge in [0.2, 0.25) is 0 Å². The highest BCUT2D eigenvalue weighted by Crippen LogP contribution is 2.52. The molecule has 0 radical (unpaired) electrons. The van der Waals surface area contributed by atoms with Crippen LogP contribution in [0.2, 0.25) is 0 Å². The standard InChI is InChI=1S/C26H25N3O5/c1-15-3-8-19(9-4-15)28-22(30)14-34-20-10-5-16(11-21(20)33-2)13-27-29-25(31)23-17-6-7-18(12-17)24(23)26(29)32/h3-11,13,17-18,23-24H,12,14H2,1-2H3,(H,28,30). The number of methoxy groups -OCH3 is 1. The zero-order valence-electron chi connectivity index (χ0n) is 18.9. The van der Waals surface area contributed by atoms with Gasteiger partial charge in [-0.3, -0.25) is 14.4 Å². The first-order valence-corrected chi connectivity index (χ1v) is 11.2. The van der Waals surface area contributed by atoms with Crippen molar-refractivity contribution in [1.82, 2.24) is 5.01 Å². The summed E-state index contributed by atoms with van der Waals surface area (Å²) < 4.78 is 11.0. The van der Waals surface area contributed by atoms with Crippen molar-refractivity contribution < 1.29 is 23.9 Å². The Hall–Kier alpha value is -3.94. The number of carbonyl (C=O) groups excluding carboxylic acids is 3. The van der Waals surface area contributed by atoms with Gasteiger partial charge >= 0.3 is 0 Å². The molecule has 1 aliphatic heterocycles. The minimum Gasteiger partial charge on any atom is -0.493 e. The number of allylic oxidation sites excluding steroid dienone is 2. The Labute approximate surface area is 197 Å². The lowest BCUT2D eigenvalue weighted by molar-refractivity contribution is -0.140. The summed E-state index contributed by atoms with van der Waals surface area (Å²) in [6.07, 6.45) is 6.44. The van der Waals surface area contributed by atoms with E-state index < -0.39 is 0 Å². The molecule has 1 saturated carbocycles. The number of hydrogen-bond donors (Lipinski definition) is 1. The van der Waals surface area contributed by atoms with E-state index in [-0.39, 0.29) is 48.0 Å². The van der Waals surface area contributed by atoms with Crippen LogP contribution >= 0.6 is 0 Å². The number of nitrogens with zero attached hydrogens (tertiary/aromatic N) is 2. The zero-order chi connectivity index (χ0) is 23.8. The second-order valence-corrected chi connectivity index (χ2v) is 8.85. The van der Waals surface area contributed by atoms with Gasteiger partial charge in [-0.2, -0.15) is 10.1 Å². The third-order valence-corrected chi connectivity index (χ3v) is 6.65. The van der Waals surface area contributed by atoms with Crippen LogP contribution in [0.1, 0.15) is 17.5 Å². The van der Waals surface area contributed by atoms with Crippen molar-refractivity contribution in [3.05, 3.63) is 65.7 Å². The smallest absolute Gasteiger partial charge is 0.262 e. The van der Waals surface area contributed by atoms with E-state index in [0.717, 1.165) is 17.0 Å². The van der Waals surface area contributed by atoms with Gasteiger partial charge in [0.15, 0.2) is 18.1 Å². The van der Waals surface area contributed by atoms with Gasteiger partial charge in [-0.05, 0) is 61.1 Å². The maximum absolute atomic E-state index is 12.8. The molecule has 1 saturated heterocycles. The molecule has 8 heteroatoms. The molecular formula is C26H25N3O5. The van der Waals surface area contributed by atoms with E-state index in [2.05, 4.69) is 22.6 Å². The molecule has 2 fully saturated rings. The van der Waals surface area contributed by atoms with Crippen LogP contribution in [-0.2, 0) is 14.4 Å². The van der Waals surface area contributed by atoms with Gasteiger partial charge < -0.3 is 14.8 Å². The molecule has 174 valence electrons. The number of imide groups is 1. The number of anilines is 1. The van der Waals surface area contributed by atoms with Crippen LogP contribution in [0, 0.1) is 30.6 Å². The third-order valence-electron chi connectivity index (χ3n) is 6.65. The zero-order valence-corrected chi connectivity index (χ0v) is 18.9. The van der Waals surface area contributed by atoms with E-state index in [1.54, 1.807) is 18.2 Å². The molecule has 2 aromatic rings. The number of aryl methyl sites for hydroxylation is 1. The lowest BCUT2D eigenvalue weighted by atomic mass is 9.85. The summed E-state index contributed by atoms with van der Waals surface area (Å²) in [5.74, 6) is -0.222. The van der Waals surface area contributed by atoms with E-state index in [9.17, 15) is 14.4 Å². The van der Waals surface area contributed by atoms with Crippen molar-refractivity contribution >= 4 is 29.6 Å². The van der Waals surface area contributed by atoms with Crippen LogP contribution in [-0.4, -0.2) is 42.7 Å². The Kier molecular flexibility index (Phi) is 5.65. The van der Waals surface area contributed by atoms with E-state index >= 15 is 0 Å². The Morgan fingerprint density at radius 1 is 1.06 bits per heavy atom. The molecule has 2 aromatic carbocycles. The van der Waals surface area contributed by atoms with E-state index in [1.165, 1.54) is 13.3 Å². The molecule has 3 amide bonds. The lowest BCUT2D eigenvalue weighted by Crippen LogP contribution is -2.28. The molecule has 1 heterocycles. The lowest BCUT2D eigenvalue weighted by Gasteiger charge is -2.13. The highest BCUT2D eigenvalue weighted by Gasteiger charge is 2.59. The summed E-state index contributed by atoms with van der Waals surface area (Å²) in [6, 6.07) is 12.5. The molecule has 0 spiro atoms. The molecule has 8 nitrogen and oxygen atoms in total. The third kappa shape index (κ3) is 3.96. The fraction of sp³-hybridized carbons (Fsp3) is 0.308. The molecule has 34 heavy (non-hydrogen) atoms. The normalized spacial score (nSPS) is 24.7. The largest absolute Gasteiger partial charge is 0.493 e. The number of fused-ring (bicyclic) bond motifs is 5. The molecule has 3 aliphatic rings. The molecule has 1 N–H and O–H groups in total. The molecule has 0 aromatic heterocycles. The SMILES string of the molecule is COc1cc(C=NN2C(=O)C3C4C=CC(C4)C3C2=O)ccc1OCC(=O)Nc1ccc(C)cc1. The van der Waals surface area contributed by atoms with Crippen molar-refractivity contribution in [3.8, 4) is 11.5 Å². The first-order valence-electron chi connectivity index (χ1n) is 11.2. The van der Waals surface area contributed by atoms with Crippen molar-refractivity contribution in [3.63, 3.8) is 0 Å². The summed E-state index contributed by atoms with van der Waals surface area (Å²) in [4.78, 5) is 37.7. The summed E-state index contributed by atoms with van der Waals surface area (Å²) in [6.45, 7) is 1.79. The van der Waals surface area contributed by atoms with Gasteiger partial charge in [0, 0.05) is 5.69 Å². The molecule has 4 atom stereocenters. The Morgan fingerprint density at radius 2 is 1.74 bits per heavy atom. The number of carbonyl (C=O) groups is 3. The summed E-state index contributed by atoms with van der Waals surface area (Å²) >= 11 is 0. The molecule has 5 rings (SSSR count). The van der Waals surface area contributed by atoms with Crippen LogP contribution in [0.15, 0.2) is 59.7 Å². The summed E-state index contributed by atoms with van der Waals surface area (Å²) in [5, 5.41) is 7.97. The van der Waals surface area contributed by atoms with E-state index in [4.69, 9.17) is 9.47 Å². The predicted octanol–water partition coefficient (Wildman–Crippen LogP) is 3.16. The first kappa shape index (κ1) is 21.9. The second-order valence-electron chi connectivity index (χ2n) is 8.85. The van der Waals surface area contributed by atoms with Crippen molar-refractivity contribution in [2.75, 3.05) is 19.0 Å². The number of hydrazone groups is 1. The van der Waals surface area contributed by atoms with Gasteiger partial charge in [-0.15, -0.1) is 0 Å². The molecule has 2 bridgehead atoms. The van der Waals surface area contributed by atoms with E-state index in [0.29, 0.717) is 22.7 Å². The van der Waals surface area contributed by atoms with Crippen LogP contribution in [0.25, 0.3) is 0 Å². The Bertz CT molecular complexity index is 1170. The maximum Gasteiger partial charge on any atom is 0.262 e. The van der Waals surface area contributed by atoms with Crippen LogP contribution in [0.5, 0.6) is 11.5 Å².